The summed E-state index contributed by atoms with van der Waals surface area (Å²) in [6.07, 6.45) is 1.18. The van der Waals surface area contributed by atoms with Crippen LogP contribution in [0.15, 0.2) is 46.9 Å². The molecule has 1 heterocycles. The highest BCUT2D eigenvalue weighted by atomic mass is 32.1. The molecule has 3 nitrogen and oxygen atoms in total. The van der Waals surface area contributed by atoms with E-state index < -0.39 is 11.7 Å². The molecule has 0 aliphatic heterocycles. The Balaban J connectivity index is 1.73. The topological polar surface area (TPSA) is 42.0 Å². The Labute approximate surface area is 145 Å². The average molecular weight is 344 g/mol. The molecule has 1 aliphatic carbocycles. The second-order valence-electron chi connectivity index (χ2n) is 6.37. The molecule has 1 aromatic carbocycles. The lowest BCUT2D eigenvalue weighted by atomic mass is 9.90. The van der Waals surface area contributed by atoms with E-state index in [2.05, 4.69) is 10.3 Å². The fourth-order valence-electron chi connectivity index (χ4n) is 3.12. The number of carbonyl (C=O) groups is 1. The number of nitrogens with zero attached hydrogens (tertiary/aromatic N) is 1. The average Bonchev–Trinajstić information content (AvgIpc) is 3.18. The molecule has 0 fully saturated rings. The number of amides is 1. The van der Waals surface area contributed by atoms with Crippen molar-refractivity contribution in [2.45, 2.75) is 45.3 Å². The number of hydrogen-bond donors (Lipinski definition) is 1. The molecule has 1 N–H and O–H groups in total. The number of aromatic nitrogens is 1. The van der Waals surface area contributed by atoms with E-state index in [-0.39, 0.29) is 5.91 Å². The molecule has 0 spiro atoms. The van der Waals surface area contributed by atoms with Crippen LogP contribution in [0.4, 0.5) is 4.39 Å². The number of carbonyl (C=O) groups excluding carboxylic acids is 1. The SMILES string of the molecule is CC1=C(C)C(F)(C(C)NC(=O)c2csc(-c3ccccc3)n2)CC1. The number of alkyl halides is 1. The van der Waals surface area contributed by atoms with Gasteiger partial charge in [-0.2, -0.15) is 0 Å². The third kappa shape index (κ3) is 3.00. The van der Waals surface area contributed by atoms with Crippen LogP contribution >= 0.6 is 11.3 Å². The van der Waals surface area contributed by atoms with Gasteiger partial charge in [0.15, 0.2) is 5.67 Å². The molecular formula is C19H21FN2OS. The van der Waals surface area contributed by atoms with Crippen LogP contribution in [0, 0.1) is 0 Å². The Morgan fingerprint density at radius 3 is 2.67 bits per heavy atom. The molecule has 5 heteroatoms. The van der Waals surface area contributed by atoms with Crippen LogP contribution in [0.1, 0.15) is 44.1 Å². The number of hydrogen-bond acceptors (Lipinski definition) is 3. The zero-order chi connectivity index (χ0) is 17.3. The number of halogens is 1. The Hall–Kier alpha value is -2.01. The van der Waals surface area contributed by atoms with Crippen LogP contribution in [0.3, 0.4) is 0 Å². The Morgan fingerprint density at radius 2 is 2.04 bits per heavy atom. The van der Waals surface area contributed by atoms with Gasteiger partial charge >= 0.3 is 0 Å². The summed E-state index contributed by atoms with van der Waals surface area (Å²) in [5.41, 5.74) is 1.68. The largest absolute Gasteiger partial charge is 0.345 e. The molecule has 126 valence electrons. The minimum Gasteiger partial charge on any atom is -0.345 e. The highest BCUT2D eigenvalue weighted by Gasteiger charge is 2.43. The molecular weight excluding hydrogens is 323 g/mol. The summed E-state index contributed by atoms with van der Waals surface area (Å²) in [5.74, 6) is -0.324. The smallest absolute Gasteiger partial charge is 0.271 e. The van der Waals surface area contributed by atoms with Gasteiger partial charge in [-0.25, -0.2) is 9.37 Å². The first-order valence-electron chi connectivity index (χ1n) is 8.09. The summed E-state index contributed by atoms with van der Waals surface area (Å²) >= 11 is 1.42. The quantitative estimate of drug-likeness (QED) is 0.812. The van der Waals surface area contributed by atoms with Gasteiger partial charge in [-0.15, -0.1) is 11.3 Å². The predicted octanol–water partition coefficient (Wildman–Crippen LogP) is 4.77. The molecule has 0 saturated heterocycles. The van der Waals surface area contributed by atoms with Crippen LogP contribution in [0.25, 0.3) is 10.6 Å². The lowest BCUT2D eigenvalue weighted by Crippen LogP contribution is -2.47. The lowest BCUT2D eigenvalue weighted by Gasteiger charge is -2.29. The van der Waals surface area contributed by atoms with E-state index in [1.165, 1.54) is 11.3 Å². The van der Waals surface area contributed by atoms with Gasteiger partial charge in [0.2, 0.25) is 0 Å². The van der Waals surface area contributed by atoms with Crippen molar-refractivity contribution in [3.63, 3.8) is 0 Å². The number of nitrogens with one attached hydrogen (secondary N) is 1. The van der Waals surface area contributed by atoms with E-state index in [0.717, 1.165) is 28.1 Å². The van der Waals surface area contributed by atoms with Gasteiger partial charge in [0.1, 0.15) is 10.7 Å². The van der Waals surface area contributed by atoms with E-state index in [9.17, 15) is 4.79 Å². The summed E-state index contributed by atoms with van der Waals surface area (Å²) in [5, 5.41) is 5.30. The lowest BCUT2D eigenvalue weighted by molar-refractivity contribution is 0.0859. The van der Waals surface area contributed by atoms with Crippen molar-refractivity contribution in [2.75, 3.05) is 0 Å². The molecule has 0 saturated carbocycles. The first-order chi connectivity index (χ1) is 11.4. The standard InChI is InChI=1S/C19H21FN2OS/c1-12-9-10-19(20,13(12)2)14(3)21-17(23)16-11-24-18(22-16)15-7-5-4-6-8-15/h4-8,11,14H,9-10H2,1-3H3,(H,21,23). The predicted molar refractivity (Wildman–Crippen MR) is 95.9 cm³/mol. The van der Waals surface area contributed by atoms with Crippen molar-refractivity contribution in [3.8, 4) is 10.6 Å². The van der Waals surface area contributed by atoms with Crippen LogP contribution in [0.2, 0.25) is 0 Å². The van der Waals surface area contributed by atoms with E-state index in [0.29, 0.717) is 12.1 Å². The van der Waals surface area contributed by atoms with Crippen LogP contribution < -0.4 is 5.32 Å². The molecule has 1 aromatic heterocycles. The van der Waals surface area contributed by atoms with Crippen molar-refractivity contribution >= 4 is 17.2 Å². The Bertz CT molecular complexity index is 784. The number of thiazole rings is 1. The monoisotopic (exact) mass is 344 g/mol. The van der Waals surface area contributed by atoms with Crippen molar-refractivity contribution in [2.24, 2.45) is 0 Å². The molecule has 1 aliphatic rings. The minimum absolute atomic E-state index is 0.324. The maximum Gasteiger partial charge on any atom is 0.271 e. The number of rotatable bonds is 4. The van der Waals surface area contributed by atoms with Crippen LogP contribution in [-0.2, 0) is 0 Å². The van der Waals surface area contributed by atoms with Crippen molar-refractivity contribution in [1.82, 2.24) is 10.3 Å². The van der Waals surface area contributed by atoms with Crippen LogP contribution in [-0.4, -0.2) is 22.6 Å². The maximum atomic E-state index is 15.2. The fraction of sp³-hybridized carbons (Fsp3) is 0.368. The van der Waals surface area contributed by atoms with Gasteiger partial charge in [-0.3, -0.25) is 4.79 Å². The van der Waals surface area contributed by atoms with Crippen molar-refractivity contribution in [3.05, 3.63) is 52.6 Å². The van der Waals surface area contributed by atoms with E-state index in [1.807, 2.05) is 44.2 Å². The third-order valence-electron chi connectivity index (χ3n) is 4.92. The van der Waals surface area contributed by atoms with Crippen LogP contribution in [0.5, 0.6) is 0 Å². The summed E-state index contributed by atoms with van der Waals surface area (Å²) in [4.78, 5) is 16.8. The first-order valence-corrected chi connectivity index (χ1v) is 8.97. The Kier molecular flexibility index (Phi) is 4.54. The van der Waals surface area contributed by atoms with Crippen molar-refractivity contribution in [1.29, 1.82) is 0 Å². The second-order valence-corrected chi connectivity index (χ2v) is 7.22. The van der Waals surface area contributed by atoms with Gasteiger partial charge < -0.3 is 5.32 Å². The highest BCUT2D eigenvalue weighted by Crippen LogP contribution is 2.41. The van der Waals surface area contributed by atoms with Crippen molar-refractivity contribution < 1.29 is 9.18 Å². The molecule has 2 atom stereocenters. The summed E-state index contributed by atoms with van der Waals surface area (Å²) in [6, 6.07) is 9.13. The van der Waals surface area contributed by atoms with Gasteiger partial charge in [0, 0.05) is 10.9 Å². The number of benzene rings is 1. The fourth-order valence-corrected chi connectivity index (χ4v) is 3.92. The zero-order valence-electron chi connectivity index (χ0n) is 14.1. The van der Waals surface area contributed by atoms with Gasteiger partial charge in [-0.1, -0.05) is 35.9 Å². The molecule has 1 amide bonds. The summed E-state index contributed by atoms with van der Waals surface area (Å²) < 4.78 is 15.2. The minimum atomic E-state index is -1.46. The molecule has 3 rings (SSSR count). The third-order valence-corrected chi connectivity index (χ3v) is 5.81. The zero-order valence-corrected chi connectivity index (χ0v) is 14.9. The van der Waals surface area contributed by atoms with Gasteiger partial charge in [-0.05, 0) is 39.2 Å². The molecule has 24 heavy (non-hydrogen) atoms. The molecule has 2 unspecified atom stereocenters. The normalized spacial score (nSPS) is 21.8. The summed E-state index contributed by atoms with van der Waals surface area (Å²) in [6.45, 7) is 5.50. The second kappa shape index (κ2) is 6.48. The highest BCUT2D eigenvalue weighted by molar-refractivity contribution is 7.13. The first kappa shape index (κ1) is 16.8. The van der Waals surface area contributed by atoms with Gasteiger partial charge in [0.25, 0.3) is 5.91 Å². The van der Waals surface area contributed by atoms with E-state index >= 15 is 4.39 Å². The molecule has 0 radical (unpaired) electrons. The summed E-state index contributed by atoms with van der Waals surface area (Å²) in [7, 11) is 0. The van der Waals surface area contributed by atoms with Gasteiger partial charge in [0.05, 0.1) is 6.04 Å². The maximum absolute atomic E-state index is 15.2. The van der Waals surface area contributed by atoms with E-state index in [4.69, 9.17) is 0 Å². The molecule has 2 aromatic rings. The van der Waals surface area contributed by atoms with E-state index in [1.54, 1.807) is 12.3 Å². The number of allylic oxidation sites excluding steroid dienone is 1. The Morgan fingerprint density at radius 1 is 1.33 bits per heavy atom. The molecule has 0 bridgehead atoms.